The lowest BCUT2D eigenvalue weighted by Crippen LogP contribution is -2.01. The molecule has 0 aliphatic rings. The molecule has 28 heavy (non-hydrogen) atoms. The molecule has 0 atom stereocenters. The molecular weight excluding hydrogens is 427 g/mol. The number of nitrogens with one attached hydrogen (secondary N) is 1. The number of nitro benzene ring substituents is 1. The average molecular weight is 448 g/mol. The number of benzene rings is 2. The van der Waals surface area contributed by atoms with Crippen LogP contribution in [0.1, 0.15) is 6.92 Å². The van der Waals surface area contributed by atoms with Crippen molar-refractivity contribution < 1.29 is 23.3 Å². The van der Waals surface area contributed by atoms with Crippen molar-refractivity contribution in [2.24, 2.45) is 0 Å². The Morgan fingerprint density at radius 2 is 1.89 bits per heavy atom. The average Bonchev–Trinajstić information content (AvgIpc) is 2.69. The summed E-state index contributed by atoms with van der Waals surface area (Å²) in [4.78, 5) is 11.6. The quantitative estimate of drug-likeness (QED) is 0.223. The Kier molecular flexibility index (Phi) is 10.8. The molecule has 152 valence electrons. The van der Waals surface area contributed by atoms with Gasteiger partial charge in [0.2, 0.25) is 0 Å². The number of ether oxygens (including phenoxy) is 1. The molecule has 0 saturated heterocycles. The molecule has 0 radical (unpaired) electrons. The van der Waals surface area contributed by atoms with Gasteiger partial charge in [-0.3, -0.25) is 10.1 Å². The third-order valence-electron chi connectivity index (χ3n) is 3.20. The number of thioether (sulfide) groups is 1. The second kappa shape index (κ2) is 12.5. The van der Waals surface area contributed by atoms with E-state index in [-0.39, 0.29) is 5.69 Å². The molecule has 0 fully saturated rings. The minimum atomic E-state index is -1.83. The van der Waals surface area contributed by atoms with Crippen molar-refractivity contribution in [2.45, 2.75) is 11.8 Å². The Morgan fingerprint density at radius 3 is 2.36 bits per heavy atom. The van der Waals surface area contributed by atoms with Gasteiger partial charge in [0.05, 0.1) is 24.2 Å². The van der Waals surface area contributed by atoms with Crippen LogP contribution in [0.3, 0.4) is 0 Å². The standard InChI is InChI=1S/C15H15ClN2O3S.C2H6O3P/c1-3-17-13-8-10(4-6-14(13)18(19)20)21-15-7-5-11(22-2)9-12(15)16;1-4-6(3)5-2/h4-9,17H,3H2,1-2H3;1-2H3/q;+1. The van der Waals surface area contributed by atoms with E-state index < -0.39 is 13.2 Å². The summed E-state index contributed by atoms with van der Waals surface area (Å²) in [7, 11) is 0.817. The first kappa shape index (κ1) is 24.1. The Bertz CT molecular complexity index is 818. The summed E-state index contributed by atoms with van der Waals surface area (Å²) in [5.41, 5.74) is 0.430. The zero-order valence-electron chi connectivity index (χ0n) is 15.8. The maximum atomic E-state index is 11.0. The zero-order chi connectivity index (χ0) is 21.1. The van der Waals surface area contributed by atoms with Crippen LogP contribution in [-0.4, -0.2) is 31.9 Å². The van der Waals surface area contributed by atoms with Gasteiger partial charge in [0.25, 0.3) is 5.69 Å². The molecule has 0 saturated carbocycles. The lowest BCUT2D eigenvalue weighted by atomic mass is 10.2. The van der Waals surface area contributed by atoms with Gasteiger partial charge in [0.1, 0.15) is 17.2 Å². The Hall–Kier alpha value is -1.90. The maximum absolute atomic E-state index is 11.0. The summed E-state index contributed by atoms with van der Waals surface area (Å²) in [6, 6.07) is 10.1. The number of nitrogens with zero attached hydrogens (tertiary/aromatic N) is 1. The van der Waals surface area contributed by atoms with Gasteiger partial charge in [0.15, 0.2) is 0 Å². The molecule has 11 heteroatoms. The molecule has 2 rings (SSSR count). The first-order chi connectivity index (χ1) is 13.4. The van der Waals surface area contributed by atoms with E-state index in [9.17, 15) is 14.7 Å². The van der Waals surface area contributed by atoms with Gasteiger partial charge in [-0.1, -0.05) is 11.6 Å². The molecule has 0 aromatic heterocycles. The van der Waals surface area contributed by atoms with Crippen molar-refractivity contribution in [1.29, 1.82) is 0 Å². The fourth-order valence-corrected chi connectivity index (χ4v) is 2.84. The van der Waals surface area contributed by atoms with E-state index >= 15 is 0 Å². The highest BCUT2D eigenvalue weighted by Gasteiger charge is 2.15. The van der Waals surface area contributed by atoms with E-state index in [2.05, 4.69) is 14.4 Å². The van der Waals surface area contributed by atoms with E-state index in [1.807, 2.05) is 25.3 Å². The highest BCUT2D eigenvalue weighted by molar-refractivity contribution is 7.98. The SMILES string of the molecule is CCNc1cc(Oc2ccc(SC)cc2Cl)ccc1[N+](=O)[O-].CO[P+](=O)OC. The predicted octanol–water partition coefficient (Wildman–Crippen LogP) is 6.13. The normalized spacial score (nSPS) is 9.89. The summed E-state index contributed by atoms with van der Waals surface area (Å²) in [6.45, 7) is 2.45. The highest BCUT2D eigenvalue weighted by atomic mass is 35.5. The summed E-state index contributed by atoms with van der Waals surface area (Å²) in [6.07, 6.45) is 1.96. The highest BCUT2D eigenvalue weighted by Crippen LogP contribution is 2.35. The van der Waals surface area contributed by atoms with Gasteiger partial charge >= 0.3 is 8.25 Å². The topological polar surface area (TPSA) is 99.9 Å². The smallest absolute Gasteiger partial charge is 0.456 e. The van der Waals surface area contributed by atoms with Gasteiger partial charge in [-0.2, -0.15) is 0 Å². The van der Waals surface area contributed by atoms with Gasteiger partial charge in [-0.05, 0) is 37.4 Å². The molecule has 0 unspecified atom stereocenters. The van der Waals surface area contributed by atoms with Crippen LogP contribution in [0.4, 0.5) is 11.4 Å². The number of halogens is 1. The summed E-state index contributed by atoms with van der Waals surface area (Å²) in [5, 5.41) is 14.4. The molecule has 0 spiro atoms. The van der Waals surface area contributed by atoms with Crippen molar-refractivity contribution in [3.63, 3.8) is 0 Å². The Labute approximate surface area is 173 Å². The van der Waals surface area contributed by atoms with Crippen molar-refractivity contribution in [3.8, 4) is 11.5 Å². The molecular formula is C17H21ClN2O6PS+. The fraction of sp³-hybridized carbons (Fsp3) is 0.294. The van der Waals surface area contributed by atoms with E-state index in [0.717, 1.165) is 4.90 Å². The van der Waals surface area contributed by atoms with Crippen molar-refractivity contribution in [3.05, 3.63) is 51.5 Å². The number of nitro groups is 1. The number of rotatable bonds is 8. The molecule has 0 aliphatic heterocycles. The van der Waals surface area contributed by atoms with Crippen LogP contribution >= 0.6 is 31.6 Å². The lowest BCUT2D eigenvalue weighted by Gasteiger charge is -2.11. The summed E-state index contributed by atoms with van der Waals surface area (Å²) >= 11 is 7.77. The zero-order valence-corrected chi connectivity index (χ0v) is 18.3. The third-order valence-corrected chi connectivity index (χ3v) is 4.81. The second-order valence-electron chi connectivity index (χ2n) is 4.95. The molecule has 0 heterocycles. The predicted molar refractivity (Wildman–Crippen MR) is 112 cm³/mol. The molecule has 2 aromatic rings. The van der Waals surface area contributed by atoms with Gasteiger partial charge in [0, 0.05) is 28.1 Å². The minimum absolute atomic E-state index is 0.0121. The molecule has 0 amide bonds. The second-order valence-corrected chi connectivity index (χ2v) is 7.42. The van der Waals surface area contributed by atoms with Crippen molar-refractivity contribution >= 4 is 43.0 Å². The Balaban J connectivity index is 0.000000568. The minimum Gasteiger partial charge on any atom is -0.456 e. The first-order valence-electron chi connectivity index (χ1n) is 7.95. The van der Waals surface area contributed by atoms with E-state index in [1.165, 1.54) is 20.3 Å². The van der Waals surface area contributed by atoms with Crippen molar-refractivity contribution in [2.75, 3.05) is 32.3 Å². The molecule has 0 aliphatic carbocycles. The fourth-order valence-electron chi connectivity index (χ4n) is 1.96. The van der Waals surface area contributed by atoms with E-state index in [4.69, 9.17) is 16.3 Å². The number of hydrogen-bond acceptors (Lipinski definition) is 8. The monoisotopic (exact) mass is 447 g/mol. The third kappa shape index (κ3) is 7.61. The Morgan fingerprint density at radius 1 is 1.21 bits per heavy atom. The maximum Gasteiger partial charge on any atom is 0.696 e. The molecule has 0 bridgehead atoms. The molecule has 8 nitrogen and oxygen atoms in total. The first-order valence-corrected chi connectivity index (χ1v) is 10.6. The van der Waals surface area contributed by atoms with Gasteiger partial charge in [-0.15, -0.1) is 20.8 Å². The van der Waals surface area contributed by atoms with E-state index in [0.29, 0.717) is 28.8 Å². The van der Waals surface area contributed by atoms with Crippen LogP contribution in [0.2, 0.25) is 5.02 Å². The summed E-state index contributed by atoms with van der Waals surface area (Å²) in [5.74, 6) is 0.996. The van der Waals surface area contributed by atoms with Gasteiger partial charge < -0.3 is 10.1 Å². The van der Waals surface area contributed by atoms with Crippen LogP contribution in [0.25, 0.3) is 0 Å². The lowest BCUT2D eigenvalue weighted by molar-refractivity contribution is -0.384. The summed E-state index contributed by atoms with van der Waals surface area (Å²) < 4.78 is 24.0. The van der Waals surface area contributed by atoms with Crippen molar-refractivity contribution in [1.82, 2.24) is 0 Å². The van der Waals surface area contributed by atoms with Crippen LogP contribution < -0.4 is 10.1 Å². The molecule has 2 aromatic carbocycles. The van der Waals surface area contributed by atoms with E-state index in [1.54, 1.807) is 30.0 Å². The largest absolute Gasteiger partial charge is 0.696 e. The van der Waals surface area contributed by atoms with Crippen LogP contribution in [0, 0.1) is 10.1 Å². The number of hydrogen-bond donors (Lipinski definition) is 1. The van der Waals surface area contributed by atoms with Crippen LogP contribution in [0.5, 0.6) is 11.5 Å². The van der Waals surface area contributed by atoms with Crippen LogP contribution in [-0.2, 0) is 13.6 Å². The van der Waals surface area contributed by atoms with Gasteiger partial charge in [-0.25, -0.2) is 0 Å². The van der Waals surface area contributed by atoms with Crippen LogP contribution in [0.15, 0.2) is 41.3 Å². The molecule has 1 N–H and O–H groups in total. The number of anilines is 1.